The Kier molecular flexibility index (Phi) is 3.43. The highest BCUT2D eigenvalue weighted by Crippen LogP contribution is 2.35. The second-order valence-corrected chi connectivity index (χ2v) is 4.72. The summed E-state index contributed by atoms with van der Waals surface area (Å²) in [6, 6.07) is 5.53. The van der Waals surface area contributed by atoms with E-state index in [1.54, 1.807) is 7.11 Å². The summed E-state index contributed by atoms with van der Waals surface area (Å²) < 4.78 is 5.18. The Morgan fingerprint density at radius 3 is 2.71 bits per heavy atom. The Hall–Kier alpha value is -1.42. The Morgan fingerprint density at radius 1 is 1.41 bits per heavy atom. The van der Waals surface area contributed by atoms with E-state index in [1.165, 1.54) is 0 Å². The van der Waals surface area contributed by atoms with Gasteiger partial charge in [0.15, 0.2) is 0 Å². The van der Waals surface area contributed by atoms with Crippen molar-refractivity contribution in [3.8, 4) is 5.75 Å². The number of hydrogen-bond donors (Lipinski definition) is 3. The minimum absolute atomic E-state index is 0.143. The third-order valence-electron chi connectivity index (χ3n) is 3.52. The van der Waals surface area contributed by atoms with Gasteiger partial charge in [0.25, 0.3) is 0 Å². The molecule has 1 aliphatic rings. The van der Waals surface area contributed by atoms with Gasteiger partial charge in [-0.25, -0.2) is 0 Å². The van der Waals surface area contributed by atoms with Crippen LogP contribution in [-0.4, -0.2) is 24.4 Å². The first-order chi connectivity index (χ1) is 8.19. The first kappa shape index (κ1) is 12.0. The largest absolute Gasteiger partial charge is 0.497 e. The van der Waals surface area contributed by atoms with Crippen molar-refractivity contribution in [2.45, 2.75) is 31.2 Å². The fourth-order valence-electron chi connectivity index (χ4n) is 2.43. The Labute approximate surface area is 102 Å². The predicted molar refractivity (Wildman–Crippen MR) is 69.3 cm³/mol. The van der Waals surface area contributed by atoms with Gasteiger partial charge in [-0.1, -0.05) is 12.8 Å². The lowest BCUT2D eigenvalue weighted by Crippen LogP contribution is -2.39. The topological polar surface area (TPSA) is 67.5 Å². The van der Waals surface area contributed by atoms with E-state index < -0.39 is 0 Å². The molecule has 1 aromatic carbocycles. The van der Waals surface area contributed by atoms with Crippen molar-refractivity contribution in [1.82, 2.24) is 0 Å². The molecule has 0 radical (unpaired) electrons. The SMILES string of the molecule is COc1ccc(N)c(NC2(CO)CCCC2)c1. The van der Waals surface area contributed by atoms with E-state index in [-0.39, 0.29) is 12.1 Å². The molecular weight excluding hydrogens is 216 g/mol. The molecule has 1 fully saturated rings. The molecule has 0 spiro atoms. The number of methoxy groups -OCH3 is 1. The fourth-order valence-corrected chi connectivity index (χ4v) is 2.43. The molecular formula is C13H20N2O2. The highest BCUT2D eigenvalue weighted by Gasteiger charge is 2.33. The van der Waals surface area contributed by atoms with Crippen molar-refractivity contribution in [3.63, 3.8) is 0 Å². The van der Waals surface area contributed by atoms with E-state index in [4.69, 9.17) is 10.5 Å². The number of aliphatic hydroxyl groups is 1. The number of nitrogens with one attached hydrogen (secondary N) is 1. The molecule has 0 atom stereocenters. The smallest absolute Gasteiger partial charge is 0.121 e. The van der Waals surface area contributed by atoms with Crippen LogP contribution in [0.15, 0.2) is 18.2 Å². The molecule has 0 amide bonds. The minimum Gasteiger partial charge on any atom is -0.497 e. The quantitative estimate of drug-likeness (QED) is 0.699. The van der Waals surface area contributed by atoms with E-state index in [0.29, 0.717) is 5.69 Å². The number of nitrogens with two attached hydrogens (primary N) is 1. The van der Waals surface area contributed by atoms with Gasteiger partial charge in [-0.2, -0.15) is 0 Å². The van der Waals surface area contributed by atoms with Crippen LogP contribution in [0.5, 0.6) is 5.75 Å². The van der Waals surface area contributed by atoms with Crippen LogP contribution in [0.4, 0.5) is 11.4 Å². The van der Waals surface area contributed by atoms with Crippen LogP contribution in [0.2, 0.25) is 0 Å². The van der Waals surface area contributed by atoms with Crippen LogP contribution in [0.3, 0.4) is 0 Å². The summed E-state index contributed by atoms with van der Waals surface area (Å²) in [5, 5.41) is 13.0. The maximum Gasteiger partial charge on any atom is 0.121 e. The molecule has 2 rings (SSSR count). The molecule has 0 aromatic heterocycles. The first-order valence-corrected chi connectivity index (χ1v) is 6.02. The molecule has 0 saturated heterocycles. The molecule has 4 N–H and O–H groups in total. The second-order valence-electron chi connectivity index (χ2n) is 4.72. The van der Waals surface area contributed by atoms with Gasteiger partial charge < -0.3 is 20.9 Å². The molecule has 0 heterocycles. The molecule has 0 bridgehead atoms. The van der Waals surface area contributed by atoms with Crippen molar-refractivity contribution in [1.29, 1.82) is 0 Å². The monoisotopic (exact) mass is 236 g/mol. The van der Waals surface area contributed by atoms with Crippen LogP contribution in [0.1, 0.15) is 25.7 Å². The van der Waals surface area contributed by atoms with Gasteiger partial charge in [0.05, 0.1) is 30.6 Å². The Morgan fingerprint density at radius 2 is 2.12 bits per heavy atom. The van der Waals surface area contributed by atoms with Crippen molar-refractivity contribution >= 4 is 11.4 Å². The van der Waals surface area contributed by atoms with Crippen molar-refractivity contribution in [2.75, 3.05) is 24.8 Å². The van der Waals surface area contributed by atoms with E-state index in [1.807, 2.05) is 18.2 Å². The summed E-state index contributed by atoms with van der Waals surface area (Å²) in [5.74, 6) is 0.771. The van der Waals surface area contributed by atoms with E-state index >= 15 is 0 Å². The number of aliphatic hydroxyl groups excluding tert-OH is 1. The second kappa shape index (κ2) is 4.84. The van der Waals surface area contributed by atoms with Crippen LogP contribution in [0.25, 0.3) is 0 Å². The highest BCUT2D eigenvalue weighted by atomic mass is 16.5. The number of hydrogen-bond acceptors (Lipinski definition) is 4. The first-order valence-electron chi connectivity index (χ1n) is 6.02. The normalized spacial score (nSPS) is 18.0. The van der Waals surface area contributed by atoms with Crippen LogP contribution in [0, 0.1) is 0 Å². The lowest BCUT2D eigenvalue weighted by Gasteiger charge is -2.30. The van der Waals surface area contributed by atoms with Crippen molar-refractivity contribution < 1.29 is 9.84 Å². The molecule has 94 valence electrons. The fraction of sp³-hybridized carbons (Fsp3) is 0.538. The molecule has 4 nitrogen and oxygen atoms in total. The summed E-state index contributed by atoms with van der Waals surface area (Å²) in [6.45, 7) is 0.143. The van der Waals surface area contributed by atoms with Crippen LogP contribution >= 0.6 is 0 Å². The van der Waals surface area contributed by atoms with Gasteiger partial charge in [-0.3, -0.25) is 0 Å². The third-order valence-corrected chi connectivity index (χ3v) is 3.52. The standard InChI is InChI=1S/C13H20N2O2/c1-17-10-4-5-11(14)12(8-10)15-13(9-16)6-2-3-7-13/h4-5,8,15-16H,2-3,6-7,9,14H2,1H3. The molecule has 1 saturated carbocycles. The summed E-state index contributed by atoms with van der Waals surface area (Å²) in [5.41, 5.74) is 7.26. The van der Waals surface area contributed by atoms with Crippen LogP contribution in [-0.2, 0) is 0 Å². The summed E-state index contributed by atoms with van der Waals surface area (Å²) in [4.78, 5) is 0. The average molecular weight is 236 g/mol. The van der Waals surface area contributed by atoms with Gasteiger partial charge >= 0.3 is 0 Å². The molecule has 1 aliphatic carbocycles. The maximum absolute atomic E-state index is 9.56. The average Bonchev–Trinajstić information content (AvgIpc) is 2.81. The summed E-state index contributed by atoms with van der Waals surface area (Å²) in [6.07, 6.45) is 4.27. The van der Waals surface area contributed by atoms with E-state index in [2.05, 4.69) is 5.32 Å². The molecule has 4 heteroatoms. The molecule has 17 heavy (non-hydrogen) atoms. The molecule has 1 aromatic rings. The summed E-state index contributed by atoms with van der Waals surface area (Å²) in [7, 11) is 1.63. The van der Waals surface area contributed by atoms with E-state index in [9.17, 15) is 5.11 Å². The van der Waals surface area contributed by atoms with Crippen LogP contribution < -0.4 is 15.8 Å². The third kappa shape index (κ3) is 2.47. The summed E-state index contributed by atoms with van der Waals surface area (Å²) >= 11 is 0. The van der Waals surface area contributed by atoms with Gasteiger partial charge in [-0.15, -0.1) is 0 Å². The lowest BCUT2D eigenvalue weighted by atomic mass is 9.98. The molecule has 0 unspecified atom stereocenters. The predicted octanol–water partition coefficient (Wildman–Crippen LogP) is 1.99. The number of rotatable bonds is 4. The zero-order chi connectivity index (χ0) is 12.3. The number of anilines is 2. The van der Waals surface area contributed by atoms with Crippen molar-refractivity contribution in [3.05, 3.63) is 18.2 Å². The minimum atomic E-state index is -0.208. The van der Waals surface area contributed by atoms with Gasteiger partial charge in [-0.05, 0) is 25.0 Å². The maximum atomic E-state index is 9.56. The lowest BCUT2D eigenvalue weighted by molar-refractivity contribution is 0.214. The van der Waals surface area contributed by atoms with Crippen molar-refractivity contribution in [2.24, 2.45) is 0 Å². The zero-order valence-electron chi connectivity index (χ0n) is 10.2. The number of nitrogen functional groups attached to an aromatic ring is 1. The zero-order valence-corrected chi connectivity index (χ0v) is 10.2. The molecule has 0 aliphatic heterocycles. The van der Waals surface area contributed by atoms with E-state index in [0.717, 1.165) is 37.1 Å². The number of benzene rings is 1. The number of ether oxygens (including phenoxy) is 1. The Bertz CT molecular complexity index is 387. The van der Waals surface area contributed by atoms with Gasteiger partial charge in [0.2, 0.25) is 0 Å². The highest BCUT2D eigenvalue weighted by molar-refractivity contribution is 5.69. The van der Waals surface area contributed by atoms with Gasteiger partial charge in [0, 0.05) is 6.07 Å². The van der Waals surface area contributed by atoms with Gasteiger partial charge in [0.1, 0.15) is 5.75 Å². The Balaban J connectivity index is 2.22.